The fraction of sp³-hybridized carbons (Fsp3) is 0.333. The molecule has 0 aliphatic carbocycles. The van der Waals surface area contributed by atoms with Crippen LogP contribution in [0.2, 0.25) is 0 Å². The molecule has 9 heteroatoms. The average Bonchev–Trinajstić information content (AvgIpc) is 2.92. The molecule has 1 aromatic carbocycles. The molecule has 6 nitrogen and oxygen atoms in total. The Morgan fingerprint density at radius 2 is 2.00 bits per heavy atom. The van der Waals surface area contributed by atoms with Gasteiger partial charge in [0.25, 0.3) is 0 Å². The van der Waals surface area contributed by atoms with Gasteiger partial charge in [-0.05, 0) is 17.7 Å². The lowest BCUT2D eigenvalue weighted by Gasteiger charge is -2.21. The molecule has 0 aliphatic heterocycles. The lowest BCUT2D eigenvalue weighted by atomic mass is 10.1. The van der Waals surface area contributed by atoms with Crippen molar-refractivity contribution in [3.05, 3.63) is 53.9 Å². The van der Waals surface area contributed by atoms with Crippen LogP contribution in [0.5, 0.6) is 0 Å². The highest BCUT2D eigenvalue weighted by Crippen LogP contribution is 2.20. The van der Waals surface area contributed by atoms with Gasteiger partial charge in [0, 0.05) is 26.6 Å². The highest BCUT2D eigenvalue weighted by atomic mass is 35.5. The van der Waals surface area contributed by atoms with Gasteiger partial charge in [-0.15, -0.1) is 24.8 Å². The maximum Gasteiger partial charge on any atom is 0.240 e. The summed E-state index contributed by atoms with van der Waals surface area (Å²) in [5, 5.41) is 2.83. The summed E-state index contributed by atoms with van der Waals surface area (Å²) in [4.78, 5) is 16.4. The number of carbonyl (C=O) groups excluding carboxylic acids is 1. The van der Waals surface area contributed by atoms with E-state index in [0.717, 1.165) is 0 Å². The number of imidazole rings is 1. The number of aromatic nitrogens is 2. The number of nitrogens with one attached hydrogen (secondary N) is 1. The molecule has 0 spiro atoms. The van der Waals surface area contributed by atoms with Crippen LogP contribution in [0.4, 0.5) is 4.39 Å². The number of hydrogen-bond donors (Lipinski definition) is 2. The summed E-state index contributed by atoms with van der Waals surface area (Å²) in [6.45, 7) is 0.114. The molecule has 0 fully saturated rings. The van der Waals surface area contributed by atoms with Crippen molar-refractivity contribution in [3.63, 3.8) is 0 Å². The molecule has 1 amide bonds. The zero-order chi connectivity index (χ0) is 16.1. The van der Waals surface area contributed by atoms with Crippen LogP contribution >= 0.6 is 24.8 Å². The van der Waals surface area contributed by atoms with Crippen molar-refractivity contribution >= 4 is 30.7 Å². The number of ether oxygens (including phenoxy) is 1. The third-order valence-electron chi connectivity index (χ3n) is 3.29. The van der Waals surface area contributed by atoms with Gasteiger partial charge in [0.1, 0.15) is 23.7 Å². The second-order valence-electron chi connectivity index (χ2n) is 4.95. The Morgan fingerprint density at radius 3 is 2.50 bits per heavy atom. The second-order valence-corrected chi connectivity index (χ2v) is 4.95. The van der Waals surface area contributed by atoms with Crippen LogP contribution < -0.4 is 11.1 Å². The lowest BCUT2D eigenvalue weighted by Crippen LogP contribution is -2.45. The number of amides is 1. The SMILES string of the molecule is COCC(N)C(=O)NC(c1ccc(F)cc1)c1nccn1C.Cl.Cl. The summed E-state index contributed by atoms with van der Waals surface area (Å²) in [6.07, 6.45) is 3.40. The molecule has 24 heavy (non-hydrogen) atoms. The van der Waals surface area contributed by atoms with Crippen molar-refractivity contribution in [1.29, 1.82) is 0 Å². The van der Waals surface area contributed by atoms with Crippen molar-refractivity contribution in [1.82, 2.24) is 14.9 Å². The van der Waals surface area contributed by atoms with Crippen LogP contribution in [-0.2, 0) is 16.6 Å². The molecule has 2 aromatic rings. The number of carbonyl (C=O) groups is 1. The number of methoxy groups -OCH3 is 1. The number of benzene rings is 1. The summed E-state index contributed by atoms with van der Waals surface area (Å²) in [5.74, 6) is -0.0755. The van der Waals surface area contributed by atoms with Crippen LogP contribution in [-0.4, -0.2) is 35.2 Å². The first-order valence-corrected chi connectivity index (χ1v) is 6.80. The quantitative estimate of drug-likeness (QED) is 0.799. The predicted molar refractivity (Wildman–Crippen MR) is 93.9 cm³/mol. The number of nitrogens with zero attached hydrogens (tertiary/aromatic N) is 2. The largest absolute Gasteiger partial charge is 0.383 e. The molecule has 0 radical (unpaired) electrons. The Labute approximate surface area is 152 Å². The lowest BCUT2D eigenvalue weighted by molar-refractivity contribution is -0.124. The second kappa shape index (κ2) is 10.2. The van der Waals surface area contributed by atoms with Gasteiger partial charge in [-0.1, -0.05) is 12.1 Å². The summed E-state index contributed by atoms with van der Waals surface area (Å²) >= 11 is 0. The van der Waals surface area contributed by atoms with E-state index in [4.69, 9.17) is 10.5 Å². The van der Waals surface area contributed by atoms with Crippen molar-refractivity contribution in [2.24, 2.45) is 12.8 Å². The van der Waals surface area contributed by atoms with Gasteiger partial charge in [-0.2, -0.15) is 0 Å². The average molecular weight is 379 g/mol. The first kappa shape index (κ1) is 22.3. The van der Waals surface area contributed by atoms with Crippen molar-refractivity contribution in [3.8, 4) is 0 Å². The topological polar surface area (TPSA) is 82.2 Å². The van der Waals surface area contributed by atoms with Gasteiger partial charge in [-0.25, -0.2) is 9.37 Å². The fourth-order valence-corrected chi connectivity index (χ4v) is 2.11. The zero-order valence-corrected chi connectivity index (χ0v) is 14.9. The Bertz CT molecular complexity index is 637. The van der Waals surface area contributed by atoms with E-state index in [2.05, 4.69) is 10.3 Å². The molecule has 134 valence electrons. The van der Waals surface area contributed by atoms with E-state index in [9.17, 15) is 9.18 Å². The maximum atomic E-state index is 13.1. The normalized spacial score (nSPS) is 12.5. The molecule has 2 unspecified atom stereocenters. The number of aryl methyl sites for hydroxylation is 1. The van der Waals surface area contributed by atoms with Crippen molar-refractivity contribution in [2.45, 2.75) is 12.1 Å². The molecule has 2 atom stereocenters. The van der Waals surface area contributed by atoms with Gasteiger partial charge in [0.2, 0.25) is 5.91 Å². The van der Waals surface area contributed by atoms with E-state index in [1.807, 2.05) is 7.05 Å². The van der Waals surface area contributed by atoms with E-state index >= 15 is 0 Å². The molecule has 1 aromatic heterocycles. The summed E-state index contributed by atoms with van der Waals surface area (Å²) < 4.78 is 19.8. The Balaban J connectivity index is 0.00000264. The molecular formula is C15H21Cl2FN4O2. The highest BCUT2D eigenvalue weighted by molar-refractivity contribution is 5.85. The standard InChI is InChI=1S/C15H19FN4O2.2ClH/c1-20-8-7-18-14(20)13(10-3-5-11(16)6-4-10)19-15(21)12(17)9-22-2;;/h3-8,12-13H,9,17H2,1-2H3,(H,19,21);2*1H. The van der Waals surface area contributed by atoms with E-state index in [1.165, 1.54) is 19.2 Å². The number of hydrogen-bond acceptors (Lipinski definition) is 4. The van der Waals surface area contributed by atoms with Gasteiger partial charge >= 0.3 is 0 Å². The first-order valence-electron chi connectivity index (χ1n) is 6.80. The first-order chi connectivity index (χ1) is 10.5. The summed E-state index contributed by atoms with van der Waals surface area (Å²) in [7, 11) is 3.30. The monoisotopic (exact) mass is 378 g/mol. The van der Waals surface area contributed by atoms with Crippen LogP contribution in [0.1, 0.15) is 17.4 Å². The molecule has 1 heterocycles. The fourth-order valence-electron chi connectivity index (χ4n) is 2.11. The van der Waals surface area contributed by atoms with Gasteiger partial charge in [0.05, 0.1) is 6.61 Å². The van der Waals surface area contributed by atoms with Gasteiger partial charge < -0.3 is 20.4 Å². The molecule has 3 N–H and O–H groups in total. The van der Waals surface area contributed by atoms with Gasteiger partial charge in [0.15, 0.2) is 0 Å². The highest BCUT2D eigenvalue weighted by Gasteiger charge is 2.23. The third kappa shape index (κ3) is 5.45. The van der Waals surface area contributed by atoms with Crippen LogP contribution in [0.25, 0.3) is 0 Å². The molecule has 0 aliphatic rings. The zero-order valence-electron chi connectivity index (χ0n) is 13.3. The molecule has 0 bridgehead atoms. The smallest absolute Gasteiger partial charge is 0.240 e. The molecular weight excluding hydrogens is 358 g/mol. The minimum atomic E-state index is -0.784. The van der Waals surface area contributed by atoms with Crippen molar-refractivity contribution < 1.29 is 13.9 Å². The van der Waals surface area contributed by atoms with Crippen LogP contribution in [0, 0.1) is 5.82 Å². The Hall–Kier alpha value is -1.67. The third-order valence-corrected chi connectivity index (χ3v) is 3.29. The Morgan fingerprint density at radius 1 is 1.38 bits per heavy atom. The molecule has 0 saturated carbocycles. The van der Waals surface area contributed by atoms with Crippen LogP contribution in [0.15, 0.2) is 36.7 Å². The molecule has 0 saturated heterocycles. The van der Waals surface area contributed by atoms with E-state index < -0.39 is 12.1 Å². The number of halogens is 3. The number of nitrogens with two attached hydrogens (primary N) is 1. The molecule has 2 rings (SSSR count). The summed E-state index contributed by atoms with van der Waals surface area (Å²) in [6, 6.07) is 4.59. The van der Waals surface area contributed by atoms with Crippen LogP contribution in [0.3, 0.4) is 0 Å². The number of rotatable bonds is 6. The summed E-state index contributed by atoms with van der Waals surface area (Å²) in [5.41, 5.74) is 6.46. The minimum Gasteiger partial charge on any atom is -0.383 e. The maximum absolute atomic E-state index is 13.1. The van der Waals surface area contributed by atoms with Crippen molar-refractivity contribution in [2.75, 3.05) is 13.7 Å². The van der Waals surface area contributed by atoms with E-state index in [-0.39, 0.29) is 43.1 Å². The minimum absolute atomic E-state index is 0. The van der Waals surface area contributed by atoms with E-state index in [0.29, 0.717) is 11.4 Å². The van der Waals surface area contributed by atoms with Gasteiger partial charge in [-0.3, -0.25) is 4.79 Å². The predicted octanol–water partition coefficient (Wildman–Crippen LogP) is 1.58. The van der Waals surface area contributed by atoms with E-state index in [1.54, 1.807) is 29.1 Å². The Kier molecular flexibility index (Phi) is 9.53.